The van der Waals surface area contributed by atoms with Gasteiger partial charge in [0.05, 0.1) is 21.2 Å². The van der Waals surface area contributed by atoms with Crippen LogP contribution in [-0.2, 0) is 10.0 Å². The Balaban J connectivity index is 1.84. The van der Waals surface area contributed by atoms with Gasteiger partial charge in [0.25, 0.3) is 5.91 Å². The predicted molar refractivity (Wildman–Crippen MR) is 117 cm³/mol. The largest absolute Gasteiger partial charge is 0.321 e. The third kappa shape index (κ3) is 5.14. The van der Waals surface area contributed by atoms with Gasteiger partial charge in [0, 0.05) is 11.1 Å². The average molecular weight is 473 g/mol. The molecule has 0 radical (unpaired) electrons. The highest BCUT2D eigenvalue weighted by Gasteiger charge is 2.31. The first-order chi connectivity index (χ1) is 14.1. The molecule has 0 aliphatic heterocycles. The van der Waals surface area contributed by atoms with Gasteiger partial charge in [-0.1, -0.05) is 49.9 Å². The lowest BCUT2D eigenvalue weighted by Crippen LogP contribution is -2.43. The van der Waals surface area contributed by atoms with E-state index in [0.29, 0.717) is 10.9 Å². The van der Waals surface area contributed by atoms with Gasteiger partial charge >= 0.3 is 0 Å². The molecule has 3 atom stereocenters. The summed E-state index contributed by atoms with van der Waals surface area (Å²) in [5.41, 5.74) is -0.157. The van der Waals surface area contributed by atoms with Crippen LogP contribution in [0.5, 0.6) is 0 Å². The first-order valence-electron chi connectivity index (χ1n) is 9.67. The van der Waals surface area contributed by atoms with Crippen LogP contribution in [0, 0.1) is 17.7 Å². The first-order valence-corrected chi connectivity index (χ1v) is 11.9. The zero-order valence-corrected chi connectivity index (χ0v) is 18.9. The molecule has 162 valence electrons. The molecule has 2 N–H and O–H groups in total. The monoisotopic (exact) mass is 472 g/mol. The van der Waals surface area contributed by atoms with Crippen LogP contribution in [-0.4, -0.2) is 20.4 Å². The number of nitrogens with one attached hydrogen (secondary N) is 2. The van der Waals surface area contributed by atoms with E-state index in [4.69, 9.17) is 23.2 Å². The van der Waals surface area contributed by atoms with Crippen molar-refractivity contribution in [3.8, 4) is 0 Å². The number of carbonyl (C=O) groups excluding carboxylic acids is 1. The highest BCUT2D eigenvalue weighted by atomic mass is 35.5. The van der Waals surface area contributed by atoms with Gasteiger partial charge in [0.15, 0.2) is 0 Å². The molecule has 1 saturated carbocycles. The van der Waals surface area contributed by atoms with Crippen molar-refractivity contribution < 1.29 is 17.6 Å². The number of hydrogen-bond donors (Lipinski definition) is 2. The number of halogens is 3. The van der Waals surface area contributed by atoms with Crippen molar-refractivity contribution in [1.82, 2.24) is 4.72 Å². The van der Waals surface area contributed by atoms with Gasteiger partial charge in [-0.2, -0.15) is 0 Å². The Morgan fingerprint density at radius 3 is 2.53 bits per heavy atom. The van der Waals surface area contributed by atoms with Gasteiger partial charge < -0.3 is 5.32 Å². The maximum Gasteiger partial charge on any atom is 0.258 e. The Hall–Kier alpha value is -1.67. The summed E-state index contributed by atoms with van der Waals surface area (Å²) in [6, 6.07) is 7.40. The number of benzene rings is 2. The Kier molecular flexibility index (Phi) is 7.07. The second-order valence-electron chi connectivity index (χ2n) is 7.72. The van der Waals surface area contributed by atoms with Crippen molar-refractivity contribution >= 4 is 44.8 Å². The van der Waals surface area contributed by atoms with E-state index < -0.39 is 27.3 Å². The van der Waals surface area contributed by atoms with Crippen molar-refractivity contribution in [2.75, 3.05) is 5.32 Å². The van der Waals surface area contributed by atoms with Crippen LogP contribution in [0.2, 0.25) is 10.0 Å². The molecule has 0 saturated heterocycles. The van der Waals surface area contributed by atoms with Crippen molar-refractivity contribution in [3.05, 3.63) is 57.8 Å². The van der Waals surface area contributed by atoms with Gasteiger partial charge in [-0.3, -0.25) is 4.79 Å². The average Bonchev–Trinajstić information content (AvgIpc) is 2.67. The lowest BCUT2D eigenvalue weighted by Gasteiger charge is -2.34. The molecule has 1 amide bonds. The molecule has 0 heterocycles. The number of hydrogen-bond acceptors (Lipinski definition) is 3. The quantitative estimate of drug-likeness (QED) is 0.603. The minimum atomic E-state index is -3.92. The van der Waals surface area contributed by atoms with E-state index >= 15 is 0 Å². The van der Waals surface area contributed by atoms with Gasteiger partial charge in [0.2, 0.25) is 10.0 Å². The maximum atomic E-state index is 14.3. The van der Waals surface area contributed by atoms with Gasteiger partial charge in [-0.15, -0.1) is 0 Å². The Morgan fingerprint density at radius 2 is 1.83 bits per heavy atom. The molecule has 0 aromatic heterocycles. The second kappa shape index (κ2) is 9.22. The molecule has 1 fully saturated rings. The summed E-state index contributed by atoms with van der Waals surface area (Å²) in [4.78, 5) is 12.4. The molecule has 1 aliphatic rings. The Bertz CT molecular complexity index is 1060. The third-order valence-corrected chi connectivity index (χ3v) is 7.72. The fourth-order valence-electron chi connectivity index (χ4n) is 3.64. The van der Waals surface area contributed by atoms with Gasteiger partial charge in [-0.25, -0.2) is 17.5 Å². The van der Waals surface area contributed by atoms with Gasteiger partial charge in [-0.05, 0) is 54.7 Å². The summed E-state index contributed by atoms with van der Waals surface area (Å²) in [5, 5.41) is 3.05. The lowest BCUT2D eigenvalue weighted by atomic mass is 9.78. The number of sulfonamides is 1. The summed E-state index contributed by atoms with van der Waals surface area (Å²) in [7, 11) is -3.92. The maximum absolute atomic E-state index is 14.3. The summed E-state index contributed by atoms with van der Waals surface area (Å²) < 4.78 is 42.8. The summed E-state index contributed by atoms with van der Waals surface area (Å²) in [6.45, 7) is 4.13. The SMILES string of the molecule is C[C@H]1[C@H](C)CCC[C@H]1NS(=O)(=O)c1ccc(F)c(C(=O)Nc2ccc(Cl)cc2Cl)c1. The molecule has 0 bridgehead atoms. The van der Waals surface area contributed by atoms with Crippen molar-refractivity contribution in [3.63, 3.8) is 0 Å². The van der Waals surface area contributed by atoms with Crippen LogP contribution < -0.4 is 10.0 Å². The van der Waals surface area contributed by atoms with E-state index in [9.17, 15) is 17.6 Å². The van der Waals surface area contributed by atoms with Crippen LogP contribution in [0.25, 0.3) is 0 Å². The van der Waals surface area contributed by atoms with Crippen LogP contribution in [0.3, 0.4) is 0 Å². The van der Waals surface area contributed by atoms with Crippen LogP contribution >= 0.6 is 23.2 Å². The summed E-state index contributed by atoms with van der Waals surface area (Å²) in [6.07, 6.45) is 2.75. The molecule has 2 aromatic rings. The van der Waals surface area contributed by atoms with Crippen LogP contribution in [0.4, 0.5) is 10.1 Å². The zero-order chi connectivity index (χ0) is 22.1. The molecule has 2 aromatic carbocycles. The van der Waals surface area contributed by atoms with E-state index in [1.165, 1.54) is 18.2 Å². The van der Waals surface area contributed by atoms with E-state index in [2.05, 4.69) is 17.0 Å². The fourth-order valence-corrected chi connectivity index (χ4v) is 5.48. The van der Waals surface area contributed by atoms with Gasteiger partial charge in [0.1, 0.15) is 5.82 Å². The topological polar surface area (TPSA) is 75.3 Å². The first kappa shape index (κ1) is 23.0. The minimum Gasteiger partial charge on any atom is -0.321 e. The Morgan fingerprint density at radius 1 is 1.10 bits per heavy atom. The number of rotatable bonds is 5. The Labute approximate surface area is 186 Å². The second-order valence-corrected chi connectivity index (χ2v) is 10.3. The molecule has 0 spiro atoms. The molecular formula is C21H23Cl2FN2O3S. The summed E-state index contributed by atoms with van der Waals surface area (Å²) in [5.74, 6) is -1.06. The molecular weight excluding hydrogens is 450 g/mol. The molecule has 0 unspecified atom stereocenters. The molecule has 5 nitrogen and oxygen atoms in total. The van der Waals surface area contributed by atoms with E-state index in [1.807, 2.05) is 6.92 Å². The van der Waals surface area contributed by atoms with Crippen molar-refractivity contribution in [1.29, 1.82) is 0 Å². The number of carbonyl (C=O) groups is 1. The smallest absolute Gasteiger partial charge is 0.258 e. The third-order valence-electron chi connectivity index (χ3n) is 5.69. The minimum absolute atomic E-state index is 0.165. The standard InChI is InChI=1S/C21H23Cl2FN2O3S/c1-12-4-3-5-19(13(12)2)26-30(28,29)15-7-8-18(24)16(11-15)21(27)25-20-9-6-14(22)10-17(20)23/h6-13,19,26H,3-5H2,1-2H3,(H,25,27)/t12-,13+,19-/m1/s1. The normalized spacial score (nSPS) is 22.0. The van der Waals surface area contributed by atoms with Crippen LogP contribution in [0.15, 0.2) is 41.3 Å². The van der Waals surface area contributed by atoms with E-state index in [-0.39, 0.29) is 27.6 Å². The van der Waals surface area contributed by atoms with Crippen molar-refractivity contribution in [2.45, 2.75) is 44.0 Å². The van der Waals surface area contributed by atoms with E-state index in [0.717, 1.165) is 37.5 Å². The van der Waals surface area contributed by atoms with Crippen molar-refractivity contribution in [2.24, 2.45) is 11.8 Å². The summed E-state index contributed by atoms with van der Waals surface area (Å²) >= 11 is 11.9. The predicted octanol–water partition coefficient (Wildman–Crippen LogP) is 5.49. The van der Waals surface area contributed by atoms with E-state index in [1.54, 1.807) is 0 Å². The lowest BCUT2D eigenvalue weighted by molar-refractivity contribution is 0.102. The molecule has 3 rings (SSSR count). The fraction of sp³-hybridized carbons (Fsp3) is 0.381. The highest BCUT2D eigenvalue weighted by Crippen LogP contribution is 2.31. The molecule has 9 heteroatoms. The molecule has 1 aliphatic carbocycles. The zero-order valence-electron chi connectivity index (χ0n) is 16.6. The van der Waals surface area contributed by atoms with Crippen LogP contribution in [0.1, 0.15) is 43.5 Å². The number of amides is 1. The highest BCUT2D eigenvalue weighted by molar-refractivity contribution is 7.89. The number of anilines is 1. The molecule has 30 heavy (non-hydrogen) atoms.